The topological polar surface area (TPSA) is 88.3 Å². The Morgan fingerprint density at radius 2 is 1.97 bits per heavy atom. The minimum absolute atomic E-state index is 0.315. The summed E-state index contributed by atoms with van der Waals surface area (Å²) in [7, 11) is 3.07. The van der Waals surface area contributed by atoms with Gasteiger partial charge in [-0.25, -0.2) is 9.18 Å². The molecule has 1 aliphatic carbocycles. The molecule has 1 heterocycles. The number of anilines is 2. The van der Waals surface area contributed by atoms with Crippen LogP contribution in [0, 0.1) is 5.82 Å². The quantitative estimate of drug-likeness (QED) is 0.561. The van der Waals surface area contributed by atoms with Crippen LogP contribution < -0.4 is 20.1 Å². The molecule has 0 aliphatic heterocycles. The molecule has 1 saturated carbocycles. The van der Waals surface area contributed by atoms with E-state index in [0.29, 0.717) is 40.0 Å². The van der Waals surface area contributed by atoms with E-state index in [1.165, 1.54) is 19.2 Å². The summed E-state index contributed by atoms with van der Waals surface area (Å²) < 4.78 is 24.2. The molecule has 150 valence electrons. The molecule has 0 saturated heterocycles. The number of nitrogens with zero attached hydrogens (tertiary/aromatic N) is 1. The van der Waals surface area contributed by atoms with Gasteiger partial charge in [0.1, 0.15) is 23.0 Å². The van der Waals surface area contributed by atoms with E-state index < -0.39 is 6.03 Å². The summed E-state index contributed by atoms with van der Waals surface area (Å²) in [6, 6.07) is 10.8. The van der Waals surface area contributed by atoms with E-state index >= 15 is 0 Å². The van der Waals surface area contributed by atoms with E-state index in [2.05, 4.69) is 20.8 Å². The number of halogens is 1. The van der Waals surface area contributed by atoms with Crippen molar-refractivity contribution in [3.63, 3.8) is 0 Å². The van der Waals surface area contributed by atoms with Gasteiger partial charge in [0, 0.05) is 17.5 Å². The van der Waals surface area contributed by atoms with E-state index in [0.717, 1.165) is 18.5 Å². The summed E-state index contributed by atoms with van der Waals surface area (Å²) in [6.45, 7) is 0. The highest BCUT2D eigenvalue weighted by Crippen LogP contribution is 2.45. The number of nitrogens with one attached hydrogen (secondary N) is 3. The average Bonchev–Trinajstić information content (AvgIpc) is 3.48. The summed E-state index contributed by atoms with van der Waals surface area (Å²) in [5, 5.41) is 13.0. The number of benzene rings is 2. The number of hydrogen-bond acceptors (Lipinski definition) is 4. The van der Waals surface area contributed by atoms with Crippen LogP contribution in [0.1, 0.15) is 24.5 Å². The maximum absolute atomic E-state index is 13.7. The Morgan fingerprint density at radius 1 is 1.14 bits per heavy atom. The molecular weight excluding hydrogens is 375 g/mol. The molecule has 8 heteroatoms. The lowest BCUT2D eigenvalue weighted by Crippen LogP contribution is -2.20. The molecule has 0 spiro atoms. The van der Waals surface area contributed by atoms with Crippen LogP contribution in [-0.2, 0) is 0 Å². The van der Waals surface area contributed by atoms with Crippen molar-refractivity contribution in [1.29, 1.82) is 0 Å². The van der Waals surface area contributed by atoms with Crippen molar-refractivity contribution in [2.45, 2.75) is 18.8 Å². The van der Waals surface area contributed by atoms with Crippen LogP contribution in [0.15, 0.2) is 42.5 Å². The van der Waals surface area contributed by atoms with Crippen LogP contribution in [0.3, 0.4) is 0 Å². The number of rotatable bonds is 6. The molecule has 2 aromatic carbocycles. The van der Waals surface area contributed by atoms with Crippen molar-refractivity contribution in [2.24, 2.45) is 0 Å². The van der Waals surface area contributed by atoms with Crippen molar-refractivity contribution in [2.75, 3.05) is 24.9 Å². The molecule has 29 heavy (non-hydrogen) atoms. The summed E-state index contributed by atoms with van der Waals surface area (Å²) in [6.07, 6.45) is 2.04. The van der Waals surface area contributed by atoms with Gasteiger partial charge in [0.05, 0.1) is 31.3 Å². The number of H-pyrrole nitrogens is 1. The maximum Gasteiger partial charge on any atom is 0.323 e. The van der Waals surface area contributed by atoms with Crippen LogP contribution in [0.4, 0.5) is 20.6 Å². The highest BCUT2D eigenvalue weighted by molar-refractivity contribution is 6.03. The van der Waals surface area contributed by atoms with Gasteiger partial charge in [-0.15, -0.1) is 0 Å². The van der Waals surface area contributed by atoms with Gasteiger partial charge in [-0.1, -0.05) is 12.1 Å². The predicted molar refractivity (Wildman–Crippen MR) is 108 cm³/mol. The van der Waals surface area contributed by atoms with Gasteiger partial charge in [0.15, 0.2) is 0 Å². The Kier molecular flexibility index (Phi) is 5.07. The number of hydrogen-bond donors (Lipinski definition) is 3. The zero-order chi connectivity index (χ0) is 20.4. The van der Waals surface area contributed by atoms with Crippen LogP contribution >= 0.6 is 0 Å². The third-order valence-electron chi connectivity index (χ3n) is 4.77. The second-order valence-electron chi connectivity index (χ2n) is 6.79. The Morgan fingerprint density at radius 3 is 2.66 bits per heavy atom. The number of urea groups is 1. The largest absolute Gasteiger partial charge is 0.497 e. The van der Waals surface area contributed by atoms with Gasteiger partial charge >= 0.3 is 6.03 Å². The van der Waals surface area contributed by atoms with E-state index in [4.69, 9.17) is 9.47 Å². The molecule has 3 N–H and O–H groups in total. The van der Waals surface area contributed by atoms with Gasteiger partial charge in [0.25, 0.3) is 0 Å². The van der Waals surface area contributed by atoms with Gasteiger partial charge in [-0.3, -0.25) is 5.10 Å². The van der Waals surface area contributed by atoms with Crippen molar-refractivity contribution >= 4 is 17.4 Å². The summed E-state index contributed by atoms with van der Waals surface area (Å²) in [4.78, 5) is 12.7. The molecule has 1 aliphatic rings. The molecule has 1 aromatic heterocycles. The van der Waals surface area contributed by atoms with Gasteiger partial charge < -0.3 is 20.1 Å². The van der Waals surface area contributed by atoms with Crippen molar-refractivity contribution in [3.8, 4) is 22.8 Å². The molecule has 0 bridgehead atoms. The van der Waals surface area contributed by atoms with E-state index in [-0.39, 0.29) is 5.82 Å². The van der Waals surface area contributed by atoms with Gasteiger partial charge in [-0.2, -0.15) is 5.10 Å². The first-order chi connectivity index (χ1) is 14.1. The first kappa shape index (κ1) is 18.8. The lowest BCUT2D eigenvalue weighted by atomic mass is 10.1. The van der Waals surface area contributed by atoms with Gasteiger partial charge in [0.2, 0.25) is 0 Å². The molecule has 0 atom stereocenters. The standard InChI is InChI=1S/C21H21FN4O3/c1-28-15-8-9-16(17(11-15)29-2)23-21(27)24-20-18(12-6-7-12)25-26-19(20)13-4-3-5-14(22)10-13/h3-5,8-12H,6-7H2,1-2H3,(H,25,26)(H2,23,24,27). The number of ether oxygens (including phenoxy) is 2. The molecule has 1 fully saturated rings. The Balaban J connectivity index is 1.60. The van der Waals surface area contributed by atoms with Crippen LogP contribution in [0.5, 0.6) is 11.5 Å². The second kappa shape index (κ2) is 7.83. The summed E-state index contributed by atoms with van der Waals surface area (Å²) in [5.41, 5.74) is 2.99. The lowest BCUT2D eigenvalue weighted by molar-refractivity contribution is 0.262. The molecule has 4 rings (SSSR count). The minimum Gasteiger partial charge on any atom is -0.497 e. The van der Waals surface area contributed by atoms with Crippen LogP contribution in [-0.4, -0.2) is 30.4 Å². The monoisotopic (exact) mass is 396 g/mol. The SMILES string of the molecule is COc1ccc(NC(=O)Nc2c(-c3cccc(F)c3)n[nH]c2C2CC2)c(OC)c1. The molecule has 3 aromatic rings. The summed E-state index contributed by atoms with van der Waals surface area (Å²) >= 11 is 0. The normalized spacial score (nSPS) is 13.1. The minimum atomic E-state index is -0.450. The van der Waals surface area contributed by atoms with E-state index in [9.17, 15) is 9.18 Å². The number of aromatic nitrogens is 2. The molecule has 7 nitrogen and oxygen atoms in total. The van der Waals surface area contributed by atoms with Crippen LogP contribution in [0.25, 0.3) is 11.3 Å². The van der Waals surface area contributed by atoms with E-state index in [1.54, 1.807) is 37.4 Å². The highest BCUT2D eigenvalue weighted by Gasteiger charge is 2.31. The zero-order valence-electron chi connectivity index (χ0n) is 16.1. The number of carbonyl (C=O) groups is 1. The molecule has 2 amide bonds. The Bertz CT molecular complexity index is 1050. The number of amides is 2. The predicted octanol–water partition coefficient (Wildman–Crippen LogP) is 4.75. The number of methoxy groups -OCH3 is 2. The fraction of sp³-hybridized carbons (Fsp3) is 0.238. The third kappa shape index (κ3) is 4.01. The first-order valence-corrected chi connectivity index (χ1v) is 9.23. The lowest BCUT2D eigenvalue weighted by Gasteiger charge is -2.13. The first-order valence-electron chi connectivity index (χ1n) is 9.23. The smallest absolute Gasteiger partial charge is 0.323 e. The third-order valence-corrected chi connectivity index (χ3v) is 4.77. The summed E-state index contributed by atoms with van der Waals surface area (Å²) in [5.74, 6) is 1.04. The Hall–Kier alpha value is -3.55. The zero-order valence-corrected chi connectivity index (χ0v) is 16.1. The van der Waals surface area contributed by atoms with Crippen LogP contribution in [0.2, 0.25) is 0 Å². The maximum atomic E-state index is 13.7. The molecule has 0 unspecified atom stereocenters. The highest BCUT2D eigenvalue weighted by atomic mass is 19.1. The Labute approximate surface area is 167 Å². The molecular formula is C21H21FN4O3. The van der Waals surface area contributed by atoms with Crippen molar-refractivity contribution < 1.29 is 18.7 Å². The van der Waals surface area contributed by atoms with Gasteiger partial charge in [-0.05, 0) is 37.1 Å². The van der Waals surface area contributed by atoms with E-state index in [1.807, 2.05) is 0 Å². The number of carbonyl (C=O) groups excluding carboxylic acids is 1. The fourth-order valence-electron chi connectivity index (χ4n) is 3.16. The van der Waals surface area contributed by atoms with Crippen molar-refractivity contribution in [1.82, 2.24) is 10.2 Å². The average molecular weight is 396 g/mol. The second-order valence-corrected chi connectivity index (χ2v) is 6.79. The van der Waals surface area contributed by atoms with Crippen molar-refractivity contribution in [3.05, 3.63) is 54.0 Å². The molecule has 0 radical (unpaired) electrons. The fourth-order valence-corrected chi connectivity index (χ4v) is 3.16. The number of aromatic amines is 1.